The highest BCUT2D eigenvalue weighted by Gasteiger charge is 2.33. The van der Waals surface area contributed by atoms with Crippen molar-refractivity contribution in [3.8, 4) is 6.07 Å². The molecule has 2 rings (SSSR count). The van der Waals surface area contributed by atoms with Gasteiger partial charge in [0.15, 0.2) is 0 Å². The molecule has 0 N–H and O–H groups in total. The summed E-state index contributed by atoms with van der Waals surface area (Å²) in [4.78, 5) is 2.06. The Bertz CT molecular complexity index is 480. The minimum atomic E-state index is -4.47. The number of halogens is 3. The average molecular weight is 268 g/mol. The lowest BCUT2D eigenvalue weighted by Gasteiger charge is -2.23. The molecule has 0 spiro atoms. The van der Waals surface area contributed by atoms with Gasteiger partial charge in [-0.25, -0.2) is 0 Å². The largest absolute Gasteiger partial charge is 0.417 e. The summed E-state index contributed by atoms with van der Waals surface area (Å²) < 4.78 is 38.1. The van der Waals surface area contributed by atoms with Crippen LogP contribution in [0.3, 0.4) is 0 Å². The minimum Gasteiger partial charge on any atom is -0.372 e. The van der Waals surface area contributed by atoms with E-state index in [1.165, 1.54) is 12.1 Å². The molecule has 19 heavy (non-hydrogen) atoms. The van der Waals surface area contributed by atoms with Crippen LogP contribution in [0.2, 0.25) is 0 Å². The van der Waals surface area contributed by atoms with Crippen LogP contribution in [0.25, 0.3) is 0 Å². The zero-order valence-corrected chi connectivity index (χ0v) is 10.5. The third-order valence-corrected chi connectivity index (χ3v) is 3.40. The Balaban J connectivity index is 2.31. The van der Waals surface area contributed by atoms with Crippen molar-refractivity contribution in [2.45, 2.75) is 31.9 Å². The molecule has 2 nitrogen and oxygen atoms in total. The normalized spacial score (nSPS) is 16.8. The first-order valence-electron chi connectivity index (χ1n) is 6.38. The standard InChI is InChI=1S/C14H15F3N2/c15-14(16,17)13-6-5-12(9-11(13)10-18)19-7-3-1-2-4-8-19/h5-6,9H,1-4,7-8H2. The molecule has 0 amide bonds. The summed E-state index contributed by atoms with van der Waals surface area (Å²) in [6.45, 7) is 1.69. The number of alkyl halides is 3. The molecular weight excluding hydrogens is 253 g/mol. The molecule has 1 aliphatic rings. The molecule has 1 heterocycles. The zero-order valence-electron chi connectivity index (χ0n) is 10.5. The molecule has 5 heteroatoms. The van der Waals surface area contributed by atoms with Crippen molar-refractivity contribution in [2.75, 3.05) is 18.0 Å². The van der Waals surface area contributed by atoms with Gasteiger partial charge in [-0.3, -0.25) is 0 Å². The smallest absolute Gasteiger partial charge is 0.372 e. The van der Waals surface area contributed by atoms with Gasteiger partial charge in [0.1, 0.15) is 0 Å². The van der Waals surface area contributed by atoms with Crippen LogP contribution in [0, 0.1) is 11.3 Å². The number of anilines is 1. The molecule has 1 saturated heterocycles. The quantitative estimate of drug-likeness (QED) is 0.771. The van der Waals surface area contributed by atoms with Gasteiger partial charge in [0.05, 0.1) is 17.2 Å². The summed E-state index contributed by atoms with van der Waals surface area (Å²) in [6.07, 6.45) is -0.0708. The van der Waals surface area contributed by atoms with Gasteiger partial charge in [0.2, 0.25) is 0 Å². The van der Waals surface area contributed by atoms with E-state index in [2.05, 4.69) is 4.90 Å². The number of hydrogen-bond acceptors (Lipinski definition) is 2. The first kappa shape index (κ1) is 13.7. The topological polar surface area (TPSA) is 27.0 Å². The molecule has 1 aliphatic heterocycles. The third-order valence-electron chi connectivity index (χ3n) is 3.40. The highest BCUT2D eigenvalue weighted by Crippen LogP contribution is 2.34. The van der Waals surface area contributed by atoms with Crippen LogP contribution < -0.4 is 4.90 Å². The number of hydrogen-bond donors (Lipinski definition) is 0. The van der Waals surface area contributed by atoms with Crippen LogP contribution in [0.1, 0.15) is 36.8 Å². The van der Waals surface area contributed by atoms with Gasteiger partial charge in [-0.05, 0) is 31.0 Å². The van der Waals surface area contributed by atoms with E-state index in [9.17, 15) is 13.2 Å². The Kier molecular flexibility index (Phi) is 3.98. The first-order chi connectivity index (χ1) is 9.02. The van der Waals surface area contributed by atoms with Gasteiger partial charge in [0, 0.05) is 18.8 Å². The Morgan fingerprint density at radius 3 is 2.21 bits per heavy atom. The molecule has 0 atom stereocenters. The Morgan fingerprint density at radius 2 is 1.68 bits per heavy atom. The molecule has 0 saturated carbocycles. The van der Waals surface area contributed by atoms with Gasteiger partial charge in [-0.1, -0.05) is 12.8 Å². The highest BCUT2D eigenvalue weighted by molar-refractivity contribution is 5.55. The first-order valence-corrected chi connectivity index (χ1v) is 6.38. The number of nitriles is 1. The van der Waals surface area contributed by atoms with Crippen molar-refractivity contribution < 1.29 is 13.2 Å². The maximum Gasteiger partial charge on any atom is 0.417 e. The Hall–Kier alpha value is -1.70. The SMILES string of the molecule is N#Cc1cc(N2CCCCCC2)ccc1C(F)(F)F. The maximum atomic E-state index is 12.7. The summed E-state index contributed by atoms with van der Waals surface area (Å²) in [5.41, 5.74) is -0.436. The zero-order chi connectivity index (χ0) is 13.9. The van der Waals surface area contributed by atoms with Crippen molar-refractivity contribution in [3.63, 3.8) is 0 Å². The predicted molar refractivity (Wildman–Crippen MR) is 66.8 cm³/mol. The summed E-state index contributed by atoms with van der Waals surface area (Å²) in [5.74, 6) is 0. The summed E-state index contributed by atoms with van der Waals surface area (Å²) in [7, 11) is 0. The lowest BCUT2D eigenvalue weighted by atomic mass is 10.1. The fourth-order valence-corrected chi connectivity index (χ4v) is 2.40. The van der Waals surface area contributed by atoms with Crippen molar-refractivity contribution in [1.82, 2.24) is 0 Å². The van der Waals surface area contributed by atoms with E-state index >= 15 is 0 Å². The van der Waals surface area contributed by atoms with E-state index in [0.717, 1.165) is 44.8 Å². The van der Waals surface area contributed by atoms with Gasteiger partial charge >= 0.3 is 6.18 Å². The number of nitrogens with zero attached hydrogens (tertiary/aromatic N) is 2. The van der Waals surface area contributed by atoms with E-state index in [1.54, 1.807) is 6.07 Å². The van der Waals surface area contributed by atoms with E-state index in [-0.39, 0.29) is 5.56 Å². The van der Waals surface area contributed by atoms with Gasteiger partial charge in [-0.15, -0.1) is 0 Å². The molecule has 0 unspecified atom stereocenters. The molecule has 0 bridgehead atoms. The molecule has 0 radical (unpaired) electrons. The van der Waals surface area contributed by atoms with Crippen molar-refractivity contribution in [2.24, 2.45) is 0 Å². The van der Waals surface area contributed by atoms with Crippen LogP contribution in [-0.2, 0) is 6.18 Å². The van der Waals surface area contributed by atoms with Gasteiger partial charge in [-0.2, -0.15) is 18.4 Å². The Morgan fingerprint density at radius 1 is 1.05 bits per heavy atom. The van der Waals surface area contributed by atoms with E-state index < -0.39 is 11.7 Å². The van der Waals surface area contributed by atoms with E-state index in [4.69, 9.17) is 5.26 Å². The average Bonchev–Trinajstić information content (AvgIpc) is 2.65. The molecular formula is C14H15F3N2. The molecule has 0 aromatic heterocycles. The van der Waals surface area contributed by atoms with Crippen LogP contribution in [0.5, 0.6) is 0 Å². The van der Waals surface area contributed by atoms with Crippen LogP contribution in [-0.4, -0.2) is 13.1 Å². The lowest BCUT2D eigenvalue weighted by molar-refractivity contribution is -0.137. The van der Waals surface area contributed by atoms with E-state index in [1.807, 2.05) is 0 Å². The van der Waals surface area contributed by atoms with Crippen molar-refractivity contribution >= 4 is 5.69 Å². The van der Waals surface area contributed by atoms with E-state index in [0.29, 0.717) is 5.69 Å². The minimum absolute atomic E-state index is 0.297. The van der Waals surface area contributed by atoms with Crippen molar-refractivity contribution in [3.05, 3.63) is 29.3 Å². The van der Waals surface area contributed by atoms with Crippen LogP contribution >= 0.6 is 0 Å². The van der Waals surface area contributed by atoms with Crippen molar-refractivity contribution in [1.29, 1.82) is 5.26 Å². The second-order valence-corrected chi connectivity index (χ2v) is 4.74. The second-order valence-electron chi connectivity index (χ2n) is 4.74. The maximum absolute atomic E-state index is 12.7. The molecule has 1 aromatic rings. The second kappa shape index (κ2) is 5.52. The molecule has 0 aliphatic carbocycles. The summed E-state index contributed by atoms with van der Waals surface area (Å²) in [5, 5.41) is 8.89. The lowest BCUT2D eigenvalue weighted by Crippen LogP contribution is -2.24. The highest BCUT2D eigenvalue weighted by atomic mass is 19.4. The summed E-state index contributed by atoms with van der Waals surface area (Å²) >= 11 is 0. The fraction of sp³-hybridized carbons (Fsp3) is 0.500. The third kappa shape index (κ3) is 3.19. The number of benzene rings is 1. The summed E-state index contributed by atoms with van der Waals surface area (Å²) in [6, 6.07) is 5.49. The molecule has 102 valence electrons. The predicted octanol–water partition coefficient (Wildman–Crippen LogP) is 3.96. The molecule has 1 fully saturated rings. The van der Waals surface area contributed by atoms with Crippen LogP contribution in [0.4, 0.5) is 18.9 Å². The fourth-order valence-electron chi connectivity index (χ4n) is 2.40. The number of rotatable bonds is 1. The van der Waals surface area contributed by atoms with Gasteiger partial charge < -0.3 is 4.90 Å². The van der Waals surface area contributed by atoms with Gasteiger partial charge in [0.25, 0.3) is 0 Å². The monoisotopic (exact) mass is 268 g/mol. The molecule has 1 aromatic carbocycles. The van der Waals surface area contributed by atoms with Crippen LogP contribution in [0.15, 0.2) is 18.2 Å². The Labute approximate surface area is 110 Å².